The first-order valence-electron chi connectivity index (χ1n) is 6.48. The summed E-state index contributed by atoms with van der Waals surface area (Å²) < 4.78 is 21.2. The van der Waals surface area contributed by atoms with Crippen LogP contribution in [-0.2, 0) is 13.8 Å². The topological polar surface area (TPSA) is 168 Å². The molecule has 12 heteroatoms. The van der Waals surface area contributed by atoms with Gasteiger partial charge in [0.2, 0.25) is 0 Å². The van der Waals surface area contributed by atoms with Crippen LogP contribution >= 0.6 is 7.82 Å². The molecule has 1 fully saturated rings. The summed E-state index contributed by atoms with van der Waals surface area (Å²) in [6.45, 7) is 0.569. The summed E-state index contributed by atoms with van der Waals surface area (Å²) in [6, 6.07) is 0. The number of phosphoric acid groups is 1. The quantitative estimate of drug-likeness (QED) is 0.364. The second kappa shape index (κ2) is 6.48. The highest BCUT2D eigenvalue weighted by Crippen LogP contribution is 2.38. The van der Waals surface area contributed by atoms with Crippen molar-refractivity contribution < 1.29 is 33.5 Å². The molecule has 0 bridgehead atoms. The number of nitrogens with one attached hydrogen (secondary N) is 1. The van der Waals surface area contributed by atoms with Gasteiger partial charge in [-0.3, -0.25) is 23.7 Å². The molecule has 2 rings (SSSR count). The van der Waals surface area contributed by atoms with Gasteiger partial charge in [-0.05, 0) is 6.92 Å². The van der Waals surface area contributed by atoms with E-state index in [1.807, 2.05) is 4.98 Å². The van der Waals surface area contributed by atoms with Crippen molar-refractivity contribution in [1.29, 1.82) is 0 Å². The lowest BCUT2D eigenvalue weighted by Gasteiger charge is -2.16. The van der Waals surface area contributed by atoms with Gasteiger partial charge < -0.3 is 19.6 Å². The van der Waals surface area contributed by atoms with E-state index >= 15 is 0 Å². The van der Waals surface area contributed by atoms with Gasteiger partial charge >= 0.3 is 13.5 Å². The number of hydrogen-bond acceptors (Lipinski definition) is 7. The lowest BCUT2D eigenvalue weighted by molar-refractivity contribution is -0.0451. The zero-order valence-corrected chi connectivity index (χ0v) is 12.8. The molecule has 0 saturated carbocycles. The number of carbonyl (C=O) groups excluding carboxylic acids is 1. The maximum Gasteiger partial charge on any atom is 0.469 e. The van der Waals surface area contributed by atoms with Gasteiger partial charge in [0, 0.05) is 12.6 Å². The van der Waals surface area contributed by atoms with E-state index < -0.39 is 49.9 Å². The Morgan fingerprint density at radius 2 is 2.17 bits per heavy atom. The molecule has 0 amide bonds. The van der Waals surface area contributed by atoms with E-state index in [4.69, 9.17) is 14.5 Å². The van der Waals surface area contributed by atoms with Crippen molar-refractivity contribution in [3.63, 3.8) is 0 Å². The summed E-state index contributed by atoms with van der Waals surface area (Å²) in [7, 11) is -4.73. The van der Waals surface area contributed by atoms with Crippen LogP contribution in [0, 0.1) is 0 Å². The maximum absolute atomic E-state index is 11.8. The average molecular weight is 350 g/mol. The molecular formula is C11H15N2O9P. The van der Waals surface area contributed by atoms with Gasteiger partial charge in [0.05, 0.1) is 18.3 Å². The number of aliphatic hydroxyl groups is 1. The maximum atomic E-state index is 11.8. The van der Waals surface area contributed by atoms with Crippen LogP contribution in [0.3, 0.4) is 0 Å². The number of aromatic nitrogens is 2. The number of hydrogen-bond donors (Lipinski definition) is 4. The Labute approximate surface area is 128 Å². The van der Waals surface area contributed by atoms with Crippen LogP contribution in [-0.4, -0.2) is 49.0 Å². The van der Waals surface area contributed by atoms with E-state index in [1.54, 1.807) is 0 Å². The highest BCUT2D eigenvalue weighted by Gasteiger charge is 2.37. The molecule has 1 aliphatic heterocycles. The summed E-state index contributed by atoms with van der Waals surface area (Å²) in [6.07, 6.45) is -2.30. The number of ketones is 1. The third-order valence-electron chi connectivity index (χ3n) is 3.27. The fraction of sp³-hybridized carbons (Fsp3) is 0.545. The first-order valence-corrected chi connectivity index (χ1v) is 8.01. The van der Waals surface area contributed by atoms with E-state index in [0.29, 0.717) is 0 Å². The second-order valence-electron chi connectivity index (χ2n) is 4.98. The largest absolute Gasteiger partial charge is 0.469 e. The number of ether oxygens (including phenoxy) is 1. The van der Waals surface area contributed by atoms with Crippen LogP contribution in [0.15, 0.2) is 15.8 Å². The van der Waals surface area contributed by atoms with Crippen molar-refractivity contribution in [3.05, 3.63) is 32.6 Å². The number of nitrogens with zero attached hydrogens (tertiary/aromatic N) is 1. The molecular weight excluding hydrogens is 335 g/mol. The number of Topliss-reactive ketones (excluding diaryl/α,β-unsaturated/α-hetero) is 1. The van der Waals surface area contributed by atoms with Crippen molar-refractivity contribution >= 4 is 13.6 Å². The average Bonchev–Trinajstić information content (AvgIpc) is 2.76. The number of H-pyrrole nitrogens is 1. The Kier molecular flexibility index (Phi) is 4.99. The lowest BCUT2D eigenvalue weighted by atomic mass is 10.2. The Morgan fingerprint density at radius 3 is 2.74 bits per heavy atom. The standard InChI is InChI=1S/C11H15N2O9P/c1-5(14)6-3-13(11(17)12-10(6)16)9-2-7(15)8(22-9)4-21-23(18,19)20/h3,7-9,15H,2,4H2,1H3,(H,12,16,17)(H2,18,19,20)/t7-,8+,9+/m0/s1. The fourth-order valence-corrected chi connectivity index (χ4v) is 2.50. The zero-order valence-electron chi connectivity index (χ0n) is 11.9. The Bertz CT molecular complexity index is 763. The first-order chi connectivity index (χ1) is 10.6. The predicted octanol–water partition coefficient (Wildman–Crippen LogP) is -1.50. The van der Waals surface area contributed by atoms with Crippen LogP contribution in [0.4, 0.5) is 0 Å². The minimum Gasteiger partial charge on any atom is -0.390 e. The summed E-state index contributed by atoms with van der Waals surface area (Å²) in [4.78, 5) is 53.9. The Morgan fingerprint density at radius 1 is 1.52 bits per heavy atom. The molecule has 3 atom stereocenters. The van der Waals surface area contributed by atoms with E-state index in [-0.39, 0.29) is 12.0 Å². The highest BCUT2D eigenvalue weighted by molar-refractivity contribution is 7.46. The molecule has 0 unspecified atom stereocenters. The smallest absolute Gasteiger partial charge is 0.390 e. The Balaban J connectivity index is 2.22. The normalized spacial score (nSPS) is 24.8. The molecule has 0 aliphatic carbocycles. The number of aromatic amines is 1. The second-order valence-corrected chi connectivity index (χ2v) is 6.22. The van der Waals surface area contributed by atoms with Gasteiger partial charge in [-0.25, -0.2) is 9.36 Å². The summed E-state index contributed by atoms with van der Waals surface area (Å²) in [5.41, 5.74) is -1.93. The van der Waals surface area contributed by atoms with Gasteiger partial charge in [-0.15, -0.1) is 0 Å². The number of aliphatic hydroxyl groups excluding tert-OH is 1. The molecule has 2 heterocycles. The van der Waals surface area contributed by atoms with Crippen LogP contribution in [0.25, 0.3) is 0 Å². The molecule has 1 aromatic rings. The summed E-state index contributed by atoms with van der Waals surface area (Å²) >= 11 is 0. The highest BCUT2D eigenvalue weighted by atomic mass is 31.2. The minimum absolute atomic E-state index is 0.0848. The SMILES string of the molecule is CC(=O)c1cn([C@H]2C[C@H](O)[C@@H](COP(=O)(O)O)O2)c(=O)[nH]c1=O. The van der Waals surface area contributed by atoms with Crippen molar-refractivity contribution in [1.82, 2.24) is 9.55 Å². The van der Waals surface area contributed by atoms with Crippen LogP contribution in [0.2, 0.25) is 0 Å². The van der Waals surface area contributed by atoms with Crippen LogP contribution < -0.4 is 11.2 Å². The molecule has 0 radical (unpaired) electrons. The van der Waals surface area contributed by atoms with E-state index in [0.717, 1.165) is 17.7 Å². The predicted molar refractivity (Wildman–Crippen MR) is 73.9 cm³/mol. The van der Waals surface area contributed by atoms with Crippen LogP contribution in [0.5, 0.6) is 0 Å². The lowest BCUT2D eigenvalue weighted by Crippen LogP contribution is -2.35. The molecule has 11 nitrogen and oxygen atoms in total. The monoisotopic (exact) mass is 350 g/mol. The fourth-order valence-electron chi connectivity index (χ4n) is 2.16. The zero-order chi connectivity index (χ0) is 17.4. The molecule has 0 spiro atoms. The van der Waals surface area contributed by atoms with Gasteiger partial charge in [0.25, 0.3) is 5.56 Å². The van der Waals surface area contributed by atoms with E-state index in [9.17, 15) is 24.1 Å². The molecule has 23 heavy (non-hydrogen) atoms. The number of rotatable bonds is 5. The number of carbonyl (C=O) groups is 1. The van der Waals surface area contributed by atoms with Crippen LogP contribution in [0.1, 0.15) is 29.9 Å². The molecule has 1 aromatic heterocycles. The summed E-state index contributed by atoms with van der Waals surface area (Å²) in [5.74, 6) is -0.556. The third kappa shape index (κ3) is 4.22. The van der Waals surface area contributed by atoms with Crippen molar-refractivity contribution in [2.75, 3.05) is 6.61 Å². The van der Waals surface area contributed by atoms with Gasteiger partial charge in [0.15, 0.2) is 5.78 Å². The number of phosphoric ester groups is 1. The summed E-state index contributed by atoms with van der Waals surface area (Å²) in [5, 5.41) is 9.83. The van der Waals surface area contributed by atoms with Crippen molar-refractivity contribution in [2.24, 2.45) is 0 Å². The van der Waals surface area contributed by atoms with E-state index in [1.165, 1.54) is 0 Å². The van der Waals surface area contributed by atoms with Gasteiger partial charge in [-0.2, -0.15) is 0 Å². The Hall–Kier alpha value is -1.62. The first kappa shape index (κ1) is 17.7. The van der Waals surface area contributed by atoms with Gasteiger partial charge in [-0.1, -0.05) is 0 Å². The molecule has 4 N–H and O–H groups in total. The third-order valence-corrected chi connectivity index (χ3v) is 3.75. The van der Waals surface area contributed by atoms with Crippen molar-refractivity contribution in [2.45, 2.75) is 31.8 Å². The molecule has 0 aromatic carbocycles. The molecule has 1 saturated heterocycles. The minimum atomic E-state index is -4.73. The van der Waals surface area contributed by atoms with E-state index in [2.05, 4.69) is 4.52 Å². The molecule has 1 aliphatic rings. The van der Waals surface area contributed by atoms with Crippen molar-refractivity contribution in [3.8, 4) is 0 Å². The van der Waals surface area contributed by atoms with Gasteiger partial charge in [0.1, 0.15) is 12.3 Å². The molecule has 128 valence electrons.